The van der Waals surface area contributed by atoms with E-state index in [0.29, 0.717) is 6.54 Å². The summed E-state index contributed by atoms with van der Waals surface area (Å²) in [7, 11) is 0. The van der Waals surface area contributed by atoms with Crippen LogP contribution in [0.5, 0.6) is 0 Å². The van der Waals surface area contributed by atoms with Crippen molar-refractivity contribution in [1.29, 1.82) is 0 Å². The van der Waals surface area contributed by atoms with Gasteiger partial charge in [-0.1, -0.05) is 36.9 Å². The highest BCUT2D eigenvalue weighted by Crippen LogP contribution is 2.07. The Hall–Kier alpha value is -1.80. The quantitative estimate of drug-likeness (QED) is 0.821. The molecule has 0 saturated heterocycles. The van der Waals surface area contributed by atoms with Gasteiger partial charge in [0.05, 0.1) is 0 Å². The van der Waals surface area contributed by atoms with Crippen LogP contribution in [-0.2, 0) is 0 Å². The fourth-order valence-electron chi connectivity index (χ4n) is 1.86. The van der Waals surface area contributed by atoms with Crippen LogP contribution in [0, 0.1) is 0 Å². The van der Waals surface area contributed by atoms with E-state index in [1.54, 1.807) is 6.08 Å². The first kappa shape index (κ1) is 10.7. The van der Waals surface area contributed by atoms with Crippen LogP contribution >= 0.6 is 0 Å². The number of hydrogen-bond acceptors (Lipinski definition) is 2. The highest BCUT2D eigenvalue weighted by Gasteiger charge is 2.03. The van der Waals surface area contributed by atoms with E-state index in [1.807, 2.05) is 31.2 Å². The summed E-state index contributed by atoms with van der Waals surface area (Å²) >= 11 is 0. The van der Waals surface area contributed by atoms with E-state index in [2.05, 4.69) is 12.6 Å². The first-order chi connectivity index (χ1) is 7.81. The van der Waals surface area contributed by atoms with E-state index in [-0.39, 0.29) is 0 Å². The molecule has 0 aliphatic carbocycles. The average Bonchev–Trinajstić information content (AvgIpc) is 2.69. The smallest absolute Gasteiger partial charge is 0.139 e. The molecule has 2 heteroatoms. The maximum atomic E-state index is 5.81. The monoisotopic (exact) mass is 213 g/mol. The van der Waals surface area contributed by atoms with E-state index in [4.69, 9.17) is 10.2 Å². The third kappa shape index (κ3) is 1.57. The summed E-state index contributed by atoms with van der Waals surface area (Å²) in [5.74, 6) is 0. The molecule has 0 atom stereocenters. The van der Waals surface area contributed by atoms with Crippen molar-refractivity contribution in [2.45, 2.75) is 6.92 Å². The Morgan fingerprint density at radius 3 is 2.81 bits per heavy atom. The summed E-state index contributed by atoms with van der Waals surface area (Å²) in [5.41, 5.74) is 8.33. The molecule has 2 rings (SSSR count). The molecular weight excluding hydrogens is 198 g/mol. The summed E-state index contributed by atoms with van der Waals surface area (Å²) in [4.78, 5) is 0. The molecule has 0 fully saturated rings. The van der Waals surface area contributed by atoms with E-state index in [9.17, 15) is 0 Å². The molecule has 0 bridgehead atoms. The fourth-order valence-corrected chi connectivity index (χ4v) is 1.86. The number of para-hydroxylation sites is 1. The molecule has 0 radical (unpaired) electrons. The fraction of sp³-hybridized carbons (Fsp3) is 0.143. The Morgan fingerprint density at radius 1 is 1.44 bits per heavy atom. The lowest BCUT2D eigenvalue weighted by Crippen LogP contribution is -2.25. The van der Waals surface area contributed by atoms with Crippen molar-refractivity contribution in [3.8, 4) is 0 Å². The third-order valence-electron chi connectivity index (χ3n) is 2.68. The molecule has 2 N–H and O–H groups in total. The summed E-state index contributed by atoms with van der Waals surface area (Å²) in [6.45, 7) is 6.20. The molecule has 82 valence electrons. The highest BCUT2D eigenvalue weighted by molar-refractivity contribution is 5.79. The van der Waals surface area contributed by atoms with Gasteiger partial charge >= 0.3 is 0 Å². The Labute approximate surface area is 94.4 Å². The van der Waals surface area contributed by atoms with Crippen LogP contribution in [0.1, 0.15) is 6.92 Å². The molecule has 0 aliphatic rings. The lowest BCUT2D eigenvalue weighted by molar-refractivity contribution is 0.571. The van der Waals surface area contributed by atoms with Gasteiger partial charge in [0.1, 0.15) is 11.0 Å². The van der Waals surface area contributed by atoms with Gasteiger partial charge in [-0.15, -0.1) is 0 Å². The Balaban J connectivity index is 3.03. The second-order valence-corrected chi connectivity index (χ2v) is 3.56. The maximum absolute atomic E-state index is 5.81. The van der Waals surface area contributed by atoms with Crippen molar-refractivity contribution in [3.63, 3.8) is 0 Å². The zero-order chi connectivity index (χ0) is 11.5. The van der Waals surface area contributed by atoms with Gasteiger partial charge in [0.25, 0.3) is 0 Å². The molecule has 0 amide bonds. The minimum absolute atomic E-state index is 0.435. The molecule has 2 aromatic rings. The van der Waals surface area contributed by atoms with E-state index in [0.717, 1.165) is 27.2 Å². The summed E-state index contributed by atoms with van der Waals surface area (Å²) < 4.78 is 5.81. The molecule has 0 spiro atoms. The summed E-state index contributed by atoms with van der Waals surface area (Å²) in [6.07, 6.45) is 3.80. The van der Waals surface area contributed by atoms with Crippen LogP contribution in [0.15, 0.2) is 41.3 Å². The molecular formula is C14H15NO. The van der Waals surface area contributed by atoms with Crippen LogP contribution in [0.3, 0.4) is 0 Å². The van der Waals surface area contributed by atoms with Gasteiger partial charge in [0.2, 0.25) is 0 Å². The van der Waals surface area contributed by atoms with Gasteiger partial charge in [0.15, 0.2) is 0 Å². The highest BCUT2D eigenvalue weighted by atomic mass is 16.3. The minimum Gasteiger partial charge on any atom is -0.456 e. The zero-order valence-electron chi connectivity index (χ0n) is 9.36. The van der Waals surface area contributed by atoms with Crippen LogP contribution in [0.4, 0.5) is 0 Å². The summed E-state index contributed by atoms with van der Waals surface area (Å²) in [6, 6.07) is 7.98. The Bertz CT molecular complexity index is 634. The summed E-state index contributed by atoms with van der Waals surface area (Å²) in [5, 5.41) is 2.21. The molecule has 2 nitrogen and oxygen atoms in total. The van der Waals surface area contributed by atoms with Crippen LogP contribution in [0.25, 0.3) is 22.6 Å². The molecule has 1 aromatic heterocycles. The first-order valence-corrected chi connectivity index (χ1v) is 5.31. The predicted molar refractivity (Wildman–Crippen MR) is 68.3 cm³/mol. The molecule has 1 heterocycles. The van der Waals surface area contributed by atoms with Crippen molar-refractivity contribution >= 4 is 22.6 Å². The molecule has 16 heavy (non-hydrogen) atoms. The predicted octanol–water partition coefficient (Wildman–Crippen LogP) is 1.53. The lowest BCUT2D eigenvalue weighted by atomic mass is 10.2. The number of hydrogen-bond donors (Lipinski definition) is 1. The number of nitrogens with two attached hydrogens (primary N) is 1. The minimum atomic E-state index is 0.435. The average molecular weight is 213 g/mol. The van der Waals surface area contributed by atoms with Crippen LogP contribution in [0.2, 0.25) is 0 Å². The van der Waals surface area contributed by atoms with Gasteiger partial charge in [-0.3, -0.25) is 0 Å². The molecule has 0 unspecified atom stereocenters. The van der Waals surface area contributed by atoms with Gasteiger partial charge in [-0.05, 0) is 13.0 Å². The number of furan rings is 1. The van der Waals surface area contributed by atoms with Gasteiger partial charge in [-0.25, -0.2) is 0 Å². The Kier molecular flexibility index (Phi) is 2.93. The standard InChI is InChI=1S/C14H15NO/c1-3-10(9-15)14-11(4-2)12-7-5-6-8-13(12)16-14/h3-8H,1,9,15H2,2H3/b11-4-,14-10-. The zero-order valence-corrected chi connectivity index (χ0v) is 9.36. The molecule has 1 aromatic carbocycles. The Morgan fingerprint density at radius 2 is 2.19 bits per heavy atom. The van der Waals surface area contributed by atoms with Crippen LogP contribution in [-0.4, -0.2) is 6.54 Å². The van der Waals surface area contributed by atoms with Crippen molar-refractivity contribution in [3.05, 3.63) is 47.6 Å². The number of benzene rings is 1. The maximum Gasteiger partial charge on any atom is 0.139 e. The van der Waals surface area contributed by atoms with Crippen molar-refractivity contribution in [2.75, 3.05) is 6.54 Å². The molecule has 0 aliphatic heterocycles. The van der Waals surface area contributed by atoms with Gasteiger partial charge in [0, 0.05) is 22.7 Å². The normalized spacial score (nSPS) is 14.2. The third-order valence-corrected chi connectivity index (χ3v) is 2.68. The van der Waals surface area contributed by atoms with Crippen molar-refractivity contribution in [2.24, 2.45) is 5.73 Å². The topological polar surface area (TPSA) is 39.2 Å². The number of rotatable bonds is 2. The van der Waals surface area contributed by atoms with E-state index < -0.39 is 0 Å². The first-order valence-electron chi connectivity index (χ1n) is 5.31. The largest absolute Gasteiger partial charge is 0.456 e. The second kappa shape index (κ2) is 4.37. The number of fused-ring (bicyclic) bond motifs is 1. The van der Waals surface area contributed by atoms with E-state index >= 15 is 0 Å². The van der Waals surface area contributed by atoms with Crippen molar-refractivity contribution < 1.29 is 4.42 Å². The van der Waals surface area contributed by atoms with Crippen molar-refractivity contribution in [1.82, 2.24) is 0 Å². The van der Waals surface area contributed by atoms with E-state index in [1.165, 1.54) is 0 Å². The van der Waals surface area contributed by atoms with Gasteiger partial charge < -0.3 is 10.2 Å². The lowest BCUT2D eigenvalue weighted by Gasteiger charge is -1.91. The SMILES string of the molecule is C=C/C(CN)=c1/oc2ccccc2/c1=C/C. The second-order valence-electron chi connectivity index (χ2n) is 3.56. The molecule has 0 saturated carbocycles. The van der Waals surface area contributed by atoms with Crippen LogP contribution < -0.4 is 16.4 Å². The van der Waals surface area contributed by atoms with Gasteiger partial charge in [-0.2, -0.15) is 0 Å².